The first-order valence-corrected chi connectivity index (χ1v) is 12.1. The Balaban J connectivity index is 2.10. The Kier molecular flexibility index (Phi) is 11.8. The molecule has 2 aromatic rings. The minimum atomic E-state index is -0.959. The number of nitrogens with zero attached hydrogens (tertiary/aromatic N) is 1. The van der Waals surface area contributed by atoms with Gasteiger partial charge in [0.15, 0.2) is 11.5 Å². The summed E-state index contributed by atoms with van der Waals surface area (Å²) in [4.78, 5) is 24.7. The quantitative estimate of drug-likeness (QED) is 0.271. The molecule has 0 heterocycles. The van der Waals surface area contributed by atoms with Crippen molar-refractivity contribution in [1.29, 1.82) is 0 Å². The van der Waals surface area contributed by atoms with Gasteiger partial charge >= 0.3 is 5.97 Å². The average molecular weight is 484 g/mol. The van der Waals surface area contributed by atoms with Crippen molar-refractivity contribution in [3.63, 3.8) is 0 Å². The van der Waals surface area contributed by atoms with Crippen LogP contribution in [0.1, 0.15) is 51.2 Å². The molecule has 0 saturated heterocycles. The van der Waals surface area contributed by atoms with E-state index in [4.69, 9.17) is 14.2 Å². The van der Waals surface area contributed by atoms with Gasteiger partial charge in [-0.25, -0.2) is 4.79 Å². The highest BCUT2D eigenvalue weighted by atomic mass is 16.5. The molecule has 0 aromatic heterocycles. The van der Waals surface area contributed by atoms with Crippen LogP contribution in [-0.2, 0) is 20.7 Å². The topological polar surface area (TPSA) is 85.3 Å². The van der Waals surface area contributed by atoms with Gasteiger partial charge < -0.3 is 24.2 Å². The summed E-state index contributed by atoms with van der Waals surface area (Å²) in [7, 11) is 1.75. The summed E-state index contributed by atoms with van der Waals surface area (Å²) in [6.45, 7) is 7.43. The second kappa shape index (κ2) is 14.8. The maximum absolute atomic E-state index is 11.6. The van der Waals surface area contributed by atoms with Crippen molar-refractivity contribution < 1.29 is 28.9 Å². The third-order valence-corrected chi connectivity index (χ3v) is 5.50. The molecule has 1 N–H and O–H groups in total. The molecular formula is C28H37NO6. The van der Waals surface area contributed by atoms with Crippen LogP contribution in [0.5, 0.6) is 11.5 Å². The van der Waals surface area contributed by atoms with E-state index in [1.165, 1.54) is 6.92 Å². The molecule has 0 bridgehead atoms. The highest BCUT2D eigenvalue weighted by molar-refractivity contribution is 5.92. The normalized spacial score (nSPS) is 11.3. The Labute approximate surface area is 208 Å². The molecule has 0 saturated carbocycles. The number of carboxylic acids is 1. The Bertz CT molecular complexity index is 983. The largest absolute Gasteiger partial charge is 0.490 e. The van der Waals surface area contributed by atoms with Gasteiger partial charge in [0.1, 0.15) is 0 Å². The molecule has 0 radical (unpaired) electrons. The predicted octanol–water partition coefficient (Wildman–Crippen LogP) is 5.36. The molecule has 2 rings (SSSR count). The van der Waals surface area contributed by atoms with E-state index in [2.05, 4.69) is 6.92 Å². The summed E-state index contributed by atoms with van der Waals surface area (Å²) in [6, 6.07) is 13.3. The summed E-state index contributed by atoms with van der Waals surface area (Å²) in [5.41, 5.74) is 2.96. The van der Waals surface area contributed by atoms with Crippen LogP contribution in [0.4, 0.5) is 5.69 Å². The molecule has 0 fully saturated rings. The van der Waals surface area contributed by atoms with Crippen molar-refractivity contribution in [3.8, 4) is 11.5 Å². The maximum atomic E-state index is 11.6. The highest BCUT2D eigenvalue weighted by Gasteiger charge is 2.11. The van der Waals surface area contributed by atoms with Gasteiger partial charge in [-0.2, -0.15) is 0 Å². The molecule has 0 spiro atoms. The van der Waals surface area contributed by atoms with Crippen molar-refractivity contribution in [3.05, 3.63) is 59.2 Å². The predicted molar refractivity (Wildman–Crippen MR) is 138 cm³/mol. The molecule has 0 aliphatic rings. The Morgan fingerprint density at radius 3 is 2.31 bits per heavy atom. The fourth-order valence-corrected chi connectivity index (χ4v) is 3.29. The zero-order valence-corrected chi connectivity index (χ0v) is 21.2. The number of ether oxygens (including phenoxy) is 3. The second-order valence-corrected chi connectivity index (χ2v) is 8.17. The zero-order chi connectivity index (χ0) is 25.6. The lowest BCUT2D eigenvalue weighted by Crippen LogP contribution is -2.22. The van der Waals surface area contributed by atoms with Gasteiger partial charge in [-0.3, -0.25) is 4.79 Å². The number of amides is 1. The van der Waals surface area contributed by atoms with Crippen molar-refractivity contribution in [2.45, 2.75) is 46.5 Å². The fourth-order valence-electron chi connectivity index (χ4n) is 3.29. The number of anilines is 1. The van der Waals surface area contributed by atoms with E-state index in [9.17, 15) is 14.7 Å². The van der Waals surface area contributed by atoms with E-state index in [0.717, 1.165) is 29.7 Å². The number of carbonyl (C=O) groups is 2. The molecule has 0 atom stereocenters. The highest BCUT2D eigenvalue weighted by Crippen LogP contribution is 2.30. The molecule has 0 aliphatic heterocycles. The first kappa shape index (κ1) is 27.9. The number of carboxylic acid groups (broad SMARTS) is 1. The third-order valence-electron chi connectivity index (χ3n) is 5.50. The fraction of sp³-hybridized carbons (Fsp3) is 0.429. The van der Waals surface area contributed by atoms with Crippen LogP contribution < -0.4 is 14.4 Å². The molecular weight excluding hydrogens is 446 g/mol. The third kappa shape index (κ3) is 9.45. The Hall–Kier alpha value is -3.32. The maximum Gasteiger partial charge on any atom is 0.331 e. The van der Waals surface area contributed by atoms with Gasteiger partial charge in [0, 0.05) is 44.7 Å². The second-order valence-electron chi connectivity index (χ2n) is 8.17. The SMILES string of the molecule is CCCCOc1cc(/C=C(/CCOCC)C(=O)O)ccc1OCCc1ccc(N(C)C(C)=O)cc1. The molecule has 0 aliphatic carbocycles. The Morgan fingerprint density at radius 1 is 0.971 bits per heavy atom. The molecule has 0 unspecified atom stereocenters. The lowest BCUT2D eigenvalue weighted by molar-refractivity contribution is -0.132. The lowest BCUT2D eigenvalue weighted by atomic mass is 10.1. The molecule has 190 valence electrons. The monoisotopic (exact) mass is 483 g/mol. The number of hydrogen-bond acceptors (Lipinski definition) is 5. The minimum absolute atomic E-state index is 0.0141. The Morgan fingerprint density at radius 2 is 1.69 bits per heavy atom. The number of benzene rings is 2. The van der Waals surface area contributed by atoms with E-state index in [-0.39, 0.29) is 11.5 Å². The summed E-state index contributed by atoms with van der Waals surface area (Å²) in [5.74, 6) is 0.247. The van der Waals surface area contributed by atoms with E-state index < -0.39 is 5.97 Å². The summed E-state index contributed by atoms with van der Waals surface area (Å²) in [6.07, 6.45) is 4.59. The molecule has 2 aromatic carbocycles. The van der Waals surface area contributed by atoms with Gasteiger partial charge in [0.05, 0.1) is 19.8 Å². The van der Waals surface area contributed by atoms with Crippen molar-refractivity contribution in [2.24, 2.45) is 0 Å². The standard InChI is InChI=1S/C28H37NO6/c1-5-7-16-34-27-20-23(19-24(28(31)32)15-17-33-6-2)10-13-26(27)35-18-14-22-8-11-25(12-9-22)29(4)21(3)30/h8-13,19-20H,5-7,14-18H2,1-4H3,(H,31,32)/b24-19-. The van der Waals surface area contributed by atoms with Crippen LogP contribution in [0.2, 0.25) is 0 Å². The van der Waals surface area contributed by atoms with Crippen molar-refractivity contribution in [2.75, 3.05) is 38.4 Å². The molecule has 7 nitrogen and oxygen atoms in total. The minimum Gasteiger partial charge on any atom is -0.490 e. The summed E-state index contributed by atoms with van der Waals surface area (Å²) < 4.78 is 17.3. The smallest absolute Gasteiger partial charge is 0.331 e. The van der Waals surface area contributed by atoms with Crippen LogP contribution in [0.3, 0.4) is 0 Å². The van der Waals surface area contributed by atoms with Gasteiger partial charge in [0.2, 0.25) is 5.91 Å². The molecule has 1 amide bonds. The van der Waals surface area contributed by atoms with Gasteiger partial charge in [-0.15, -0.1) is 0 Å². The van der Waals surface area contributed by atoms with Crippen molar-refractivity contribution in [1.82, 2.24) is 0 Å². The average Bonchev–Trinajstić information content (AvgIpc) is 2.84. The first-order chi connectivity index (χ1) is 16.8. The van der Waals surface area contributed by atoms with Crippen LogP contribution in [0, 0.1) is 0 Å². The number of unbranched alkanes of at least 4 members (excludes halogenated alkanes) is 1. The van der Waals surface area contributed by atoms with E-state index >= 15 is 0 Å². The number of carbonyl (C=O) groups excluding carboxylic acids is 1. The van der Waals surface area contributed by atoms with Crippen molar-refractivity contribution >= 4 is 23.6 Å². The number of aliphatic carboxylic acids is 1. The molecule has 7 heteroatoms. The van der Waals surface area contributed by atoms with Crippen LogP contribution in [0.25, 0.3) is 6.08 Å². The molecule has 35 heavy (non-hydrogen) atoms. The van der Waals surface area contributed by atoms with E-state index in [1.807, 2.05) is 49.4 Å². The van der Waals surface area contributed by atoms with Gasteiger partial charge in [-0.1, -0.05) is 31.5 Å². The van der Waals surface area contributed by atoms with Crippen LogP contribution >= 0.6 is 0 Å². The summed E-state index contributed by atoms with van der Waals surface area (Å²) in [5, 5.41) is 9.53. The van der Waals surface area contributed by atoms with Crippen LogP contribution in [-0.4, -0.2) is 50.5 Å². The van der Waals surface area contributed by atoms with Gasteiger partial charge in [-0.05, 0) is 54.8 Å². The zero-order valence-electron chi connectivity index (χ0n) is 21.2. The summed E-state index contributed by atoms with van der Waals surface area (Å²) >= 11 is 0. The van der Waals surface area contributed by atoms with E-state index in [0.29, 0.717) is 50.8 Å². The lowest BCUT2D eigenvalue weighted by Gasteiger charge is -2.16. The first-order valence-electron chi connectivity index (χ1n) is 12.1. The van der Waals surface area contributed by atoms with Crippen LogP contribution in [0.15, 0.2) is 48.0 Å². The number of hydrogen-bond donors (Lipinski definition) is 1. The number of rotatable bonds is 15. The van der Waals surface area contributed by atoms with Gasteiger partial charge in [0.25, 0.3) is 0 Å². The van der Waals surface area contributed by atoms with E-state index in [1.54, 1.807) is 18.0 Å².